The van der Waals surface area contributed by atoms with Gasteiger partial charge in [-0.05, 0) is 55.7 Å². The van der Waals surface area contributed by atoms with Gasteiger partial charge < -0.3 is 9.80 Å². The van der Waals surface area contributed by atoms with Crippen molar-refractivity contribution in [2.75, 3.05) is 43.4 Å². The van der Waals surface area contributed by atoms with Crippen LogP contribution in [0.4, 0.5) is 5.69 Å². The summed E-state index contributed by atoms with van der Waals surface area (Å²) in [7, 11) is -3.58. The minimum atomic E-state index is -3.58. The van der Waals surface area contributed by atoms with Crippen molar-refractivity contribution >= 4 is 21.6 Å². The molecule has 7 heteroatoms. The lowest BCUT2D eigenvalue weighted by Crippen LogP contribution is -2.55. The summed E-state index contributed by atoms with van der Waals surface area (Å²) >= 11 is 0. The molecule has 0 aromatic heterocycles. The van der Waals surface area contributed by atoms with E-state index in [-0.39, 0.29) is 17.7 Å². The topological polar surface area (TPSA) is 60.9 Å². The van der Waals surface area contributed by atoms with Gasteiger partial charge in [-0.3, -0.25) is 4.79 Å². The SMILES string of the molecule is Cc1cccc(N2CCN(S(=O)(=O)CC(=O)N3CCC(C)C4CCCCC43)CC2)c1. The van der Waals surface area contributed by atoms with Crippen molar-refractivity contribution in [3.05, 3.63) is 29.8 Å². The summed E-state index contributed by atoms with van der Waals surface area (Å²) in [6.07, 6.45) is 5.56. The van der Waals surface area contributed by atoms with E-state index in [1.54, 1.807) is 0 Å². The first-order chi connectivity index (χ1) is 14.3. The number of piperazine rings is 1. The number of benzene rings is 1. The molecule has 0 N–H and O–H groups in total. The van der Waals surface area contributed by atoms with Crippen LogP contribution >= 0.6 is 0 Å². The molecule has 2 aliphatic heterocycles. The number of likely N-dealkylation sites (tertiary alicyclic amines) is 1. The molecule has 3 unspecified atom stereocenters. The van der Waals surface area contributed by atoms with Gasteiger partial charge in [0, 0.05) is 44.5 Å². The lowest BCUT2D eigenvalue weighted by Gasteiger charge is -2.47. The van der Waals surface area contributed by atoms with Gasteiger partial charge in [0.05, 0.1) is 0 Å². The lowest BCUT2D eigenvalue weighted by atomic mass is 9.72. The minimum absolute atomic E-state index is 0.195. The summed E-state index contributed by atoms with van der Waals surface area (Å²) in [6, 6.07) is 8.53. The number of sulfonamides is 1. The van der Waals surface area contributed by atoms with Crippen LogP contribution in [0, 0.1) is 18.8 Å². The molecular formula is C23H35N3O3S. The Labute approximate surface area is 181 Å². The summed E-state index contributed by atoms with van der Waals surface area (Å²) < 4.78 is 27.6. The van der Waals surface area contributed by atoms with Crippen LogP contribution in [0.5, 0.6) is 0 Å². The Morgan fingerprint density at radius 1 is 1.03 bits per heavy atom. The van der Waals surface area contributed by atoms with Crippen molar-refractivity contribution in [3.8, 4) is 0 Å². The molecule has 6 nitrogen and oxygen atoms in total. The van der Waals surface area contributed by atoms with E-state index < -0.39 is 10.0 Å². The Morgan fingerprint density at radius 2 is 1.77 bits per heavy atom. The standard InChI is InChI=1S/C23H35N3O3S/c1-18-6-5-7-20(16-18)24-12-14-25(15-13-24)30(28,29)17-23(27)26-11-10-19(2)21-8-3-4-9-22(21)26/h5-7,16,19,21-22H,3-4,8-15,17H2,1-2H3. The first kappa shape index (κ1) is 21.6. The van der Waals surface area contributed by atoms with Gasteiger partial charge in [-0.25, -0.2) is 8.42 Å². The summed E-state index contributed by atoms with van der Waals surface area (Å²) in [4.78, 5) is 17.2. The quantitative estimate of drug-likeness (QED) is 0.733. The number of piperidine rings is 1. The molecule has 1 aromatic rings. The van der Waals surface area contributed by atoms with Gasteiger partial charge in [-0.1, -0.05) is 31.9 Å². The maximum absolute atomic E-state index is 13.1. The van der Waals surface area contributed by atoms with Crippen LogP contribution in [0.25, 0.3) is 0 Å². The molecule has 3 aliphatic rings. The van der Waals surface area contributed by atoms with Crippen LogP contribution in [0.15, 0.2) is 24.3 Å². The average molecular weight is 434 g/mol. The van der Waals surface area contributed by atoms with Crippen LogP contribution in [0.2, 0.25) is 0 Å². The molecule has 0 radical (unpaired) electrons. The van der Waals surface area contributed by atoms with Gasteiger partial charge in [-0.15, -0.1) is 0 Å². The van der Waals surface area contributed by atoms with Crippen LogP contribution in [0.1, 0.15) is 44.6 Å². The minimum Gasteiger partial charge on any atom is -0.369 e. The summed E-state index contributed by atoms with van der Waals surface area (Å²) in [5.74, 6) is 0.595. The van der Waals surface area contributed by atoms with Crippen molar-refractivity contribution < 1.29 is 13.2 Å². The highest BCUT2D eigenvalue weighted by atomic mass is 32.2. The van der Waals surface area contributed by atoms with Gasteiger partial charge in [-0.2, -0.15) is 4.31 Å². The third-order valence-corrected chi connectivity index (χ3v) is 9.13. The van der Waals surface area contributed by atoms with Crippen molar-refractivity contribution in [3.63, 3.8) is 0 Å². The van der Waals surface area contributed by atoms with E-state index in [0.29, 0.717) is 44.6 Å². The molecule has 2 heterocycles. The van der Waals surface area contributed by atoms with E-state index in [1.807, 2.05) is 11.0 Å². The number of hydrogen-bond donors (Lipinski definition) is 0. The molecule has 4 rings (SSSR count). The molecule has 1 saturated carbocycles. The molecule has 3 fully saturated rings. The number of carbonyl (C=O) groups excluding carboxylic acids is 1. The molecule has 1 aliphatic carbocycles. The third-order valence-electron chi connectivity index (χ3n) is 7.36. The van der Waals surface area contributed by atoms with Gasteiger partial charge in [0.25, 0.3) is 0 Å². The zero-order valence-electron chi connectivity index (χ0n) is 18.3. The monoisotopic (exact) mass is 433 g/mol. The third kappa shape index (κ3) is 4.52. The fourth-order valence-electron chi connectivity index (χ4n) is 5.60. The summed E-state index contributed by atoms with van der Waals surface area (Å²) in [5, 5.41) is 0. The number of rotatable bonds is 4. The number of carbonyl (C=O) groups is 1. The first-order valence-electron chi connectivity index (χ1n) is 11.4. The fourth-order valence-corrected chi connectivity index (χ4v) is 6.98. The van der Waals surface area contributed by atoms with Crippen molar-refractivity contribution in [1.29, 1.82) is 0 Å². The highest BCUT2D eigenvalue weighted by Gasteiger charge is 2.41. The zero-order valence-corrected chi connectivity index (χ0v) is 19.1. The van der Waals surface area contributed by atoms with Crippen LogP contribution in [0.3, 0.4) is 0 Å². The zero-order chi connectivity index (χ0) is 21.3. The smallest absolute Gasteiger partial charge is 0.239 e. The highest BCUT2D eigenvalue weighted by molar-refractivity contribution is 7.89. The van der Waals surface area contributed by atoms with Crippen LogP contribution < -0.4 is 4.90 Å². The average Bonchev–Trinajstić information content (AvgIpc) is 2.74. The first-order valence-corrected chi connectivity index (χ1v) is 13.0. The number of nitrogens with zero attached hydrogens (tertiary/aromatic N) is 3. The molecular weight excluding hydrogens is 398 g/mol. The molecule has 0 spiro atoms. The molecule has 3 atom stereocenters. The van der Waals surface area contributed by atoms with E-state index in [0.717, 1.165) is 24.9 Å². The molecule has 2 saturated heterocycles. The van der Waals surface area contributed by atoms with Crippen LogP contribution in [-0.4, -0.2) is 68.0 Å². The van der Waals surface area contributed by atoms with E-state index in [4.69, 9.17) is 0 Å². The second-order valence-electron chi connectivity index (χ2n) is 9.35. The predicted octanol–water partition coefficient (Wildman–Crippen LogP) is 2.87. The van der Waals surface area contributed by atoms with E-state index in [9.17, 15) is 13.2 Å². The Morgan fingerprint density at radius 3 is 2.50 bits per heavy atom. The second kappa shape index (κ2) is 8.87. The van der Waals surface area contributed by atoms with Crippen molar-refractivity contribution in [1.82, 2.24) is 9.21 Å². The number of aryl methyl sites for hydroxylation is 1. The van der Waals surface area contributed by atoms with Crippen LogP contribution in [-0.2, 0) is 14.8 Å². The summed E-state index contributed by atoms with van der Waals surface area (Å²) in [5.41, 5.74) is 2.33. The van der Waals surface area contributed by atoms with Gasteiger partial charge in [0.1, 0.15) is 5.75 Å². The Bertz CT molecular complexity index is 864. The van der Waals surface area contributed by atoms with Gasteiger partial charge in [0.15, 0.2) is 0 Å². The van der Waals surface area contributed by atoms with Gasteiger partial charge in [0.2, 0.25) is 15.9 Å². The normalized spacial score (nSPS) is 28.3. The number of amides is 1. The Hall–Kier alpha value is -1.60. The van der Waals surface area contributed by atoms with Crippen molar-refractivity contribution in [2.45, 2.75) is 52.0 Å². The number of fused-ring (bicyclic) bond motifs is 1. The summed E-state index contributed by atoms with van der Waals surface area (Å²) in [6.45, 7) is 7.24. The largest absolute Gasteiger partial charge is 0.369 e. The molecule has 0 bridgehead atoms. The Balaban J connectivity index is 1.37. The van der Waals surface area contributed by atoms with E-state index in [1.165, 1.54) is 22.7 Å². The van der Waals surface area contributed by atoms with Gasteiger partial charge >= 0.3 is 0 Å². The number of hydrogen-bond acceptors (Lipinski definition) is 4. The van der Waals surface area contributed by atoms with E-state index in [2.05, 4.69) is 36.9 Å². The molecule has 1 aromatic carbocycles. The van der Waals surface area contributed by atoms with Crippen molar-refractivity contribution in [2.24, 2.45) is 11.8 Å². The maximum Gasteiger partial charge on any atom is 0.239 e. The fraction of sp³-hybridized carbons (Fsp3) is 0.696. The molecule has 30 heavy (non-hydrogen) atoms. The second-order valence-corrected chi connectivity index (χ2v) is 11.3. The number of anilines is 1. The van der Waals surface area contributed by atoms with E-state index >= 15 is 0 Å². The Kier molecular flexibility index (Phi) is 6.39. The molecule has 166 valence electrons. The predicted molar refractivity (Wildman–Crippen MR) is 120 cm³/mol. The molecule has 1 amide bonds. The highest BCUT2D eigenvalue weighted by Crippen LogP contribution is 2.38. The maximum atomic E-state index is 13.1. The lowest BCUT2D eigenvalue weighted by molar-refractivity contribution is -0.136.